The second-order valence-corrected chi connectivity index (χ2v) is 14.6. The number of thioether (sulfide) groups is 2. The molecule has 0 spiro atoms. The van der Waals surface area contributed by atoms with E-state index in [9.17, 15) is 29.6 Å². The van der Waals surface area contributed by atoms with Gasteiger partial charge in [0.2, 0.25) is 0 Å². The summed E-state index contributed by atoms with van der Waals surface area (Å²) in [7, 11) is -1.03. The normalized spacial score (nSPS) is 21.5. The fourth-order valence-corrected chi connectivity index (χ4v) is 7.73. The monoisotopic (exact) mass is 555 g/mol. The summed E-state index contributed by atoms with van der Waals surface area (Å²) >= 11 is 2.58. The summed E-state index contributed by atoms with van der Waals surface area (Å²) in [5, 5.41) is 22.6. The van der Waals surface area contributed by atoms with Gasteiger partial charge in [-0.1, -0.05) is 39.5 Å². The van der Waals surface area contributed by atoms with E-state index < -0.39 is 37.7 Å². The topological polar surface area (TPSA) is 148 Å². The summed E-state index contributed by atoms with van der Waals surface area (Å²) in [6.45, 7) is 8.25. The van der Waals surface area contributed by atoms with Crippen molar-refractivity contribution in [3.8, 4) is 0 Å². The Kier molecular flexibility index (Phi) is 8.74. The third kappa shape index (κ3) is 6.04. The molecule has 0 aliphatic carbocycles. The van der Waals surface area contributed by atoms with E-state index >= 15 is 0 Å². The maximum atomic E-state index is 13.0. The second-order valence-electron chi connectivity index (χ2n) is 9.45. The number of fused-ring (bicyclic) bond motifs is 1. The van der Waals surface area contributed by atoms with Crippen LogP contribution in [-0.4, -0.2) is 65.9 Å². The second kappa shape index (κ2) is 11.2. The van der Waals surface area contributed by atoms with Crippen LogP contribution in [0.5, 0.6) is 0 Å². The van der Waals surface area contributed by atoms with E-state index in [1.807, 2.05) is 6.92 Å². The Labute approximate surface area is 219 Å². The van der Waals surface area contributed by atoms with Crippen LogP contribution in [0.25, 0.3) is 0 Å². The highest BCUT2D eigenvalue weighted by molar-refractivity contribution is 8.22. The quantitative estimate of drug-likeness (QED) is 0.137. The van der Waals surface area contributed by atoms with Gasteiger partial charge in [0.25, 0.3) is 11.6 Å². The highest BCUT2D eigenvalue weighted by Gasteiger charge is 2.66. The Bertz CT molecular complexity index is 1080. The number of nitrogens with one attached hydrogen (secondary N) is 1. The number of carbonyl (C=O) groups is 3. The Balaban J connectivity index is 1.50. The zero-order valence-electron chi connectivity index (χ0n) is 20.4. The predicted molar refractivity (Wildman–Crippen MR) is 139 cm³/mol. The summed E-state index contributed by atoms with van der Waals surface area (Å²) in [6, 6.07) is 5.68. The van der Waals surface area contributed by atoms with Crippen molar-refractivity contribution in [3.05, 3.63) is 49.9 Å². The molecule has 0 saturated carbocycles. The van der Waals surface area contributed by atoms with Crippen molar-refractivity contribution >= 4 is 56.9 Å². The van der Waals surface area contributed by atoms with Gasteiger partial charge in [0.1, 0.15) is 12.0 Å². The zero-order chi connectivity index (χ0) is 26.7. The predicted octanol–water partition coefficient (Wildman–Crippen LogP) is 3.19. The number of alkyl carbamates (subject to hydrolysis) is 1. The van der Waals surface area contributed by atoms with E-state index in [1.54, 1.807) is 0 Å². The molecule has 3 rings (SSSR count). The lowest BCUT2D eigenvalue weighted by molar-refractivity contribution is -0.384. The number of hydrogen-bond donors (Lipinski definition) is 2. The van der Waals surface area contributed by atoms with Gasteiger partial charge in [-0.2, -0.15) is 0 Å². The summed E-state index contributed by atoms with van der Waals surface area (Å²) in [5.41, 5.74) is -0.474. The van der Waals surface area contributed by atoms with Gasteiger partial charge < -0.3 is 19.6 Å². The van der Waals surface area contributed by atoms with E-state index in [0.717, 1.165) is 0 Å². The molecule has 1 saturated heterocycles. The van der Waals surface area contributed by atoms with E-state index in [2.05, 4.69) is 26.1 Å². The van der Waals surface area contributed by atoms with Crippen LogP contribution in [0.15, 0.2) is 34.2 Å². The largest absolute Gasteiger partial charge is 0.477 e. The molecule has 0 bridgehead atoms. The molecule has 2 amide bonds. The molecular formula is C22H29N3O8S2Si. The molecule has 0 radical (unpaired) electrons. The van der Waals surface area contributed by atoms with Crippen LogP contribution in [0, 0.1) is 10.1 Å². The first kappa shape index (κ1) is 28.0. The molecule has 1 aromatic carbocycles. The first-order valence-corrected chi connectivity index (χ1v) is 14.4. The first-order valence-electron chi connectivity index (χ1n) is 11.3. The Morgan fingerprint density at radius 2 is 2.00 bits per heavy atom. The van der Waals surface area contributed by atoms with Gasteiger partial charge in [0, 0.05) is 24.4 Å². The van der Waals surface area contributed by atoms with Crippen molar-refractivity contribution in [2.75, 3.05) is 12.3 Å². The minimum atomic E-state index is -1.17. The van der Waals surface area contributed by atoms with Gasteiger partial charge in [-0.25, -0.2) is 9.59 Å². The van der Waals surface area contributed by atoms with Gasteiger partial charge in [0.05, 0.1) is 9.16 Å². The molecular weight excluding hydrogens is 526 g/mol. The zero-order valence-corrected chi connectivity index (χ0v) is 23.5. The number of hydrogen-bond acceptors (Lipinski definition) is 9. The van der Waals surface area contributed by atoms with E-state index in [0.29, 0.717) is 22.0 Å². The minimum absolute atomic E-state index is 0.00840. The van der Waals surface area contributed by atoms with E-state index in [4.69, 9.17) is 9.16 Å². The molecule has 1 unspecified atom stereocenters. The summed E-state index contributed by atoms with van der Waals surface area (Å²) in [4.78, 5) is 48.4. The van der Waals surface area contributed by atoms with Gasteiger partial charge in [-0.15, -0.1) is 11.8 Å². The number of aliphatic carboxylic acids is 1. The minimum Gasteiger partial charge on any atom is -0.477 e. The number of benzene rings is 1. The number of nitro groups is 1. The lowest BCUT2D eigenvalue weighted by Crippen LogP contribution is -2.72. The SMILES string of the molecule is CCC1(O[SiH2]C(C)(C)C)C(=O)N2C(C(=O)O)=C(SCCNC(=O)OCc3ccc([N+](=O)[O-])cc3)S[C@H]21. The Hall–Kier alpha value is -2.55. The van der Waals surface area contributed by atoms with Crippen LogP contribution in [-0.2, 0) is 25.4 Å². The molecule has 1 fully saturated rings. The maximum absolute atomic E-state index is 13.0. The number of carboxylic acid groups (broad SMARTS) is 1. The van der Waals surface area contributed by atoms with Gasteiger partial charge in [-0.05, 0) is 29.2 Å². The van der Waals surface area contributed by atoms with Crippen molar-refractivity contribution in [2.24, 2.45) is 0 Å². The lowest BCUT2D eigenvalue weighted by atomic mass is 9.89. The summed E-state index contributed by atoms with van der Waals surface area (Å²) in [6.07, 6.45) is -0.194. The van der Waals surface area contributed by atoms with E-state index in [-0.39, 0.29) is 35.5 Å². The van der Waals surface area contributed by atoms with Crippen LogP contribution in [0.3, 0.4) is 0 Å². The van der Waals surface area contributed by atoms with Crippen molar-refractivity contribution in [3.63, 3.8) is 0 Å². The number of ether oxygens (including phenoxy) is 1. The molecule has 36 heavy (non-hydrogen) atoms. The highest BCUT2D eigenvalue weighted by Crippen LogP contribution is 2.57. The third-order valence-corrected chi connectivity index (χ3v) is 9.73. The number of rotatable bonds is 11. The van der Waals surface area contributed by atoms with Crippen LogP contribution in [0.4, 0.5) is 10.5 Å². The third-order valence-electron chi connectivity index (χ3n) is 5.48. The number of nitro benzene ring substituents is 1. The molecule has 196 valence electrons. The van der Waals surface area contributed by atoms with Crippen LogP contribution < -0.4 is 5.32 Å². The van der Waals surface area contributed by atoms with Gasteiger partial charge in [0.15, 0.2) is 21.1 Å². The number of β-lactam (4-membered cyclic amide) rings is 1. The average molecular weight is 556 g/mol. The van der Waals surface area contributed by atoms with Gasteiger partial charge >= 0.3 is 12.1 Å². The number of carbonyl (C=O) groups excluding carboxylic acids is 2. The molecule has 1 aromatic rings. The smallest absolute Gasteiger partial charge is 0.407 e. The van der Waals surface area contributed by atoms with E-state index in [1.165, 1.54) is 52.7 Å². The summed E-state index contributed by atoms with van der Waals surface area (Å²) < 4.78 is 11.8. The molecule has 11 nitrogen and oxygen atoms in total. The molecule has 2 N–H and O–H groups in total. The molecule has 2 heterocycles. The van der Waals surface area contributed by atoms with Crippen molar-refractivity contribution in [1.29, 1.82) is 0 Å². The van der Waals surface area contributed by atoms with Gasteiger partial charge in [-0.3, -0.25) is 19.8 Å². The lowest BCUT2D eigenvalue weighted by Gasteiger charge is -2.52. The van der Waals surface area contributed by atoms with Crippen molar-refractivity contribution < 1.29 is 33.6 Å². The first-order chi connectivity index (χ1) is 16.9. The average Bonchev–Trinajstić information content (AvgIpc) is 3.17. The van der Waals surface area contributed by atoms with Crippen LogP contribution in [0.1, 0.15) is 39.7 Å². The standard InChI is InChI=1S/C22H29N3O8S2Si/c1-5-22(33-36-21(2,3)4)18(28)24-15(16(26)27)17(35-19(22)24)34-11-10-23-20(29)32-12-13-6-8-14(9-7-13)25(30)31/h6-9,19H,5,10-12,36H2,1-4H3,(H,23,29)(H,26,27)/t19-,22?/m0/s1. The van der Waals surface area contributed by atoms with Crippen molar-refractivity contribution in [2.45, 2.75) is 56.7 Å². The number of nitrogens with zero attached hydrogens (tertiary/aromatic N) is 2. The number of non-ortho nitro benzene ring substituents is 1. The highest BCUT2D eigenvalue weighted by atomic mass is 32.2. The number of amides is 2. The number of carboxylic acids is 1. The molecule has 2 aliphatic rings. The fourth-order valence-electron chi connectivity index (χ4n) is 3.59. The summed E-state index contributed by atoms with van der Waals surface area (Å²) in [5.74, 6) is -1.11. The molecule has 2 aliphatic heterocycles. The van der Waals surface area contributed by atoms with Crippen molar-refractivity contribution in [1.82, 2.24) is 10.2 Å². The maximum Gasteiger partial charge on any atom is 0.407 e. The Morgan fingerprint density at radius 3 is 2.56 bits per heavy atom. The fraction of sp³-hybridized carbons (Fsp3) is 0.500. The Morgan fingerprint density at radius 1 is 1.33 bits per heavy atom. The van der Waals surface area contributed by atoms with Crippen LogP contribution >= 0.6 is 23.5 Å². The molecule has 0 aromatic heterocycles. The van der Waals surface area contributed by atoms with Crippen LogP contribution in [0.2, 0.25) is 5.04 Å². The molecule has 2 atom stereocenters. The molecule has 14 heteroatoms.